The van der Waals surface area contributed by atoms with Crippen LogP contribution in [0.25, 0.3) is 0 Å². The lowest BCUT2D eigenvalue weighted by molar-refractivity contribution is 0.0965. The number of halogens is 1. The van der Waals surface area contributed by atoms with Crippen LogP contribution >= 0.6 is 11.6 Å². The van der Waals surface area contributed by atoms with E-state index in [0.717, 1.165) is 17.1 Å². The highest BCUT2D eigenvalue weighted by Crippen LogP contribution is 2.41. The van der Waals surface area contributed by atoms with E-state index in [1.165, 1.54) is 0 Å². The van der Waals surface area contributed by atoms with Crippen LogP contribution in [0.3, 0.4) is 0 Å². The number of amides is 1. The predicted molar refractivity (Wildman–Crippen MR) is 120 cm³/mol. The van der Waals surface area contributed by atoms with E-state index >= 15 is 0 Å². The zero-order valence-corrected chi connectivity index (χ0v) is 18.1. The van der Waals surface area contributed by atoms with Crippen molar-refractivity contribution >= 4 is 29.2 Å². The normalized spacial score (nSPS) is 15.1. The second kappa shape index (κ2) is 9.31. The predicted octanol–water partition coefficient (Wildman–Crippen LogP) is 4.86. The molecule has 0 radical (unpaired) electrons. The van der Waals surface area contributed by atoms with Gasteiger partial charge in [0.05, 0.1) is 12.2 Å². The number of benzene rings is 2. The molecule has 2 heterocycles. The van der Waals surface area contributed by atoms with Crippen molar-refractivity contribution < 1.29 is 19.0 Å². The van der Waals surface area contributed by atoms with Gasteiger partial charge in [-0.25, -0.2) is 9.79 Å². The lowest BCUT2D eigenvalue weighted by Crippen LogP contribution is -2.51. The van der Waals surface area contributed by atoms with E-state index < -0.39 is 0 Å². The molecule has 1 amide bonds. The van der Waals surface area contributed by atoms with E-state index in [2.05, 4.69) is 11.5 Å². The van der Waals surface area contributed by atoms with Crippen LogP contribution in [0, 0.1) is 0 Å². The summed E-state index contributed by atoms with van der Waals surface area (Å²) in [6.45, 7) is 8.54. The number of hydrogen-bond acceptors (Lipinski definition) is 6. The molecule has 0 unspecified atom stereocenters. The van der Waals surface area contributed by atoms with Crippen LogP contribution in [-0.2, 0) is 4.74 Å². The maximum Gasteiger partial charge on any atom is 0.410 e. The zero-order valence-electron chi connectivity index (χ0n) is 17.3. The van der Waals surface area contributed by atoms with Crippen LogP contribution in [0.1, 0.15) is 12.5 Å². The first-order valence-corrected chi connectivity index (χ1v) is 10.6. The zero-order chi connectivity index (χ0) is 21.8. The fourth-order valence-electron chi connectivity index (χ4n) is 3.55. The average Bonchev–Trinajstić information content (AvgIpc) is 2.94. The summed E-state index contributed by atoms with van der Waals surface area (Å²) in [5.74, 6) is 2.81. The monoisotopic (exact) mass is 441 g/mol. The molecule has 2 aromatic carbocycles. The topological polar surface area (TPSA) is 63.6 Å². The number of carbonyl (C=O) groups excluding carboxylic acids is 1. The molecule has 0 aliphatic carbocycles. The first-order chi connectivity index (χ1) is 15.1. The van der Waals surface area contributed by atoms with Crippen molar-refractivity contribution in [2.45, 2.75) is 6.92 Å². The second-order valence-corrected chi connectivity index (χ2v) is 7.52. The molecule has 31 heavy (non-hydrogen) atoms. The minimum atomic E-state index is -0.333. The van der Waals surface area contributed by atoms with Gasteiger partial charge in [0.25, 0.3) is 0 Å². The van der Waals surface area contributed by atoms with Crippen molar-refractivity contribution in [3.63, 3.8) is 0 Å². The second-order valence-electron chi connectivity index (χ2n) is 7.08. The van der Waals surface area contributed by atoms with Gasteiger partial charge in [0, 0.05) is 37.3 Å². The summed E-state index contributed by atoms with van der Waals surface area (Å²) in [6, 6.07) is 11.1. The molecule has 2 aliphatic heterocycles. The number of fused-ring (bicyclic) bond motifs is 2. The Kier molecular flexibility index (Phi) is 6.32. The Bertz CT molecular complexity index is 1020. The third-order valence-corrected chi connectivity index (χ3v) is 5.27. The number of carbonyl (C=O) groups is 1. The van der Waals surface area contributed by atoms with Crippen molar-refractivity contribution in [2.24, 2.45) is 4.99 Å². The van der Waals surface area contributed by atoms with Crippen LogP contribution in [0.15, 0.2) is 54.0 Å². The summed E-state index contributed by atoms with van der Waals surface area (Å²) in [4.78, 5) is 20.9. The van der Waals surface area contributed by atoms with Crippen LogP contribution in [0.5, 0.6) is 17.2 Å². The Labute approximate surface area is 186 Å². The minimum Gasteiger partial charge on any atom is -0.494 e. The van der Waals surface area contributed by atoms with Gasteiger partial charge in [-0.15, -0.1) is 0 Å². The molecule has 0 N–H and O–H groups in total. The molecule has 0 aromatic heterocycles. The van der Waals surface area contributed by atoms with E-state index in [9.17, 15) is 4.79 Å². The smallest absolute Gasteiger partial charge is 0.410 e. The molecule has 7 nitrogen and oxygen atoms in total. The fourth-order valence-corrected chi connectivity index (χ4v) is 3.72. The highest BCUT2D eigenvalue weighted by Gasteiger charge is 2.28. The SMILES string of the molecule is C=CCOC(=O)N1CCN(C2=Nc3cc(OCC)ccc3Oc3ccc(Cl)cc32)CC1. The molecular formula is C23H24ClN3O4. The molecule has 0 spiro atoms. The Morgan fingerprint density at radius 2 is 1.97 bits per heavy atom. The van der Waals surface area contributed by atoms with Crippen molar-refractivity contribution in [2.75, 3.05) is 39.4 Å². The standard InChI is InChI=1S/C23H24ClN3O4/c1-3-13-30-23(28)27-11-9-26(10-12-27)22-18-14-16(24)5-7-20(18)31-21-8-6-17(29-4-2)15-19(21)25-22/h3,5-8,14-15H,1,4,9-13H2,2H3. The molecule has 162 valence electrons. The van der Waals surface area contributed by atoms with E-state index in [-0.39, 0.29) is 12.7 Å². The van der Waals surface area contributed by atoms with Gasteiger partial charge >= 0.3 is 6.09 Å². The number of ether oxygens (including phenoxy) is 3. The van der Waals surface area contributed by atoms with Gasteiger partial charge in [0.15, 0.2) is 5.75 Å². The third kappa shape index (κ3) is 4.61. The minimum absolute atomic E-state index is 0.202. The van der Waals surface area contributed by atoms with Gasteiger partial charge in [-0.2, -0.15) is 0 Å². The number of aliphatic imine (C=N–C) groups is 1. The molecule has 0 bridgehead atoms. The average molecular weight is 442 g/mol. The molecule has 4 rings (SSSR count). The van der Waals surface area contributed by atoms with Gasteiger partial charge in [0.2, 0.25) is 0 Å². The highest BCUT2D eigenvalue weighted by atomic mass is 35.5. The van der Waals surface area contributed by atoms with Gasteiger partial charge in [-0.1, -0.05) is 24.3 Å². The van der Waals surface area contributed by atoms with Crippen LogP contribution in [-0.4, -0.2) is 61.1 Å². The van der Waals surface area contributed by atoms with Gasteiger partial charge in [0.1, 0.15) is 29.6 Å². The molecule has 0 saturated carbocycles. The highest BCUT2D eigenvalue weighted by molar-refractivity contribution is 6.31. The molecule has 1 saturated heterocycles. The van der Waals surface area contributed by atoms with Crippen molar-refractivity contribution in [3.8, 4) is 17.2 Å². The van der Waals surface area contributed by atoms with Gasteiger partial charge in [-0.05, 0) is 37.3 Å². The van der Waals surface area contributed by atoms with Gasteiger partial charge < -0.3 is 24.0 Å². The van der Waals surface area contributed by atoms with Crippen molar-refractivity contribution in [1.29, 1.82) is 0 Å². The van der Waals surface area contributed by atoms with E-state index in [0.29, 0.717) is 55.0 Å². The maximum absolute atomic E-state index is 12.2. The molecule has 8 heteroatoms. The van der Waals surface area contributed by atoms with E-state index in [4.69, 9.17) is 30.8 Å². The van der Waals surface area contributed by atoms with Crippen LogP contribution < -0.4 is 9.47 Å². The molecule has 2 aromatic rings. The number of nitrogens with zero attached hydrogens (tertiary/aromatic N) is 3. The van der Waals surface area contributed by atoms with Crippen LogP contribution in [0.2, 0.25) is 5.02 Å². The number of piperazine rings is 1. The lowest BCUT2D eigenvalue weighted by Gasteiger charge is -2.36. The molecule has 1 fully saturated rings. The Morgan fingerprint density at radius 3 is 2.71 bits per heavy atom. The summed E-state index contributed by atoms with van der Waals surface area (Å²) in [6.07, 6.45) is 1.23. The van der Waals surface area contributed by atoms with Crippen molar-refractivity contribution in [3.05, 3.63) is 59.6 Å². The summed E-state index contributed by atoms with van der Waals surface area (Å²) in [7, 11) is 0. The first kappa shape index (κ1) is 21.1. The maximum atomic E-state index is 12.2. The summed E-state index contributed by atoms with van der Waals surface area (Å²) < 4.78 is 17.0. The number of amidine groups is 1. The van der Waals surface area contributed by atoms with Crippen LogP contribution in [0.4, 0.5) is 10.5 Å². The largest absolute Gasteiger partial charge is 0.494 e. The van der Waals surface area contributed by atoms with E-state index in [1.54, 1.807) is 17.0 Å². The lowest BCUT2D eigenvalue weighted by atomic mass is 10.1. The molecular weight excluding hydrogens is 418 g/mol. The molecule has 2 aliphatic rings. The Morgan fingerprint density at radius 1 is 1.19 bits per heavy atom. The summed E-state index contributed by atoms with van der Waals surface area (Å²) in [5, 5.41) is 0.600. The first-order valence-electron chi connectivity index (χ1n) is 10.2. The summed E-state index contributed by atoms with van der Waals surface area (Å²) >= 11 is 6.30. The quantitative estimate of drug-likeness (QED) is 0.634. The molecule has 0 atom stereocenters. The third-order valence-electron chi connectivity index (χ3n) is 5.03. The number of rotatable bonds is 4. The Balaban J connectivity index is 1.65. The van der Waals surface area contributed by atoms with Crippen molar-refractivity contribution in [1.82, 2.24) is 9.80 Å². The van der Waals surface area contributed by atoms with E-state index in [1.807, 2.05) is 37.3 Å². The Hall–Kier alpha value is -3.19. The number of hydrogen-bond donors (Lipinski definition) is 0. The fraction of sp³-hybridized carbons (Fsp3) is 0.304. The summed E-state index contributed by atoms with van der Waals surface area (Å²) in [5.41, 5.74) is 1.49. The van der Waals surface area contributed by atoms with Gasteiger partial charge in [-0.3, -0.25) is 0 Å².